The molecule has 1 aromatic rings. The minimum Gasteiger partial charge on any atom is -0.444 e. The lowest BCUT2D eigenvalue weighted by molar-refractivity contribution is -0.198. The van der Waals surface area contributed by atoms with Crippen LogP contribution in [0.15, 0.2) is 18.5 Å². The van der Waals surface area contributed by atoms with Crippen molar-refractivity contribution in [3.8, 4) is 0 Å². The van der Waals surface area contributed by atoms with Gasteiger partial charge in [-0.2, -0.15) is 13.2 Å². The highest BCUT2D eigenvalue weighted by Gasteiger charge is 2.67. The first kappa shape index (κ1) is 24.6. The van der Waals surface area contributed by atoms with E-state index in [0.717, 1.165) is 0 Å². The topological polar surface area (TPSA) is 80.9 Å². The number of amides is 1. The lowest BCUT2D eigenvalue weighted by atomic mass is 9.89. The van der Waals surface area contributed by atoms with Gasteiger partial charge in [0.15, 0.2) is 0 Å². The SMILES string of the molecule is CC(C)(C)OC(=O)N1[C@@H]2CN(c3ccncc3N)C[C@H](C(F)(F)F)[C@H]2O[Si]1(C)C(C)(C)C. The molecule has 7 nitrogen and oxygen atoms in total. The number of carbonyl (C=O) groups is 1. The number of rotatable bonds is 1. The molecule has 2 N–H and O–H groups in total. The van der Waals surface area contributed by atoms with Crippen molar-refractivity contribution in [3.63, 3.8) is 0 Å². The Morgan fingerprint density at radius 3 is 2.34 bits per heavy atom. The summed E-state index contributed by atoms with van der Waals surface area (Å²) in [6.45, 7) is 12.5. The van der Waals surface area contributed by atoms with Crippen molar-refractivity contribution in [2.45, 2.75) is 77.1 Å². The van der Waals surface area contributed by atoms with Crippen molar-refractivity contribution in [3.05, 3.63) is 18.5 Å². The van der Waals surface area contributed by atoms with Gasteiger partial charge in [0.05, 0.1) is 35.6 Å². The number of carbonyl (C=O) groups excluding carboxylic acids is 1. The predicted molar refractivity (Wildman–Crippen MR) is 118 cm³/mol. The zero-order valence-corrected chi connectivity index (χ0v) is 20.7. The summed E-state index contributed by atoms with van der Waals surface area (Å²) >= 11 is 0. The van der Waals surface area contributed by atoms with Crippen LogP contribution >= 0.6 is 0 Å². The molecule has 2 saturated heterocycles. The largest absolute Gasteiger partial charge is 0.444 e. The highest BCUT2D eigenvalue weighted by atomic mass is 28.4. The number of pyridine rings is 1. The number of halogens is 3. The van der Waals surface area contributed by atoms with Crippen LogP contribution in [-0.4, -0.2) is 61.1 Å². The summed E-state index contributed by atoms with van der Waals surface area (Å²) in [5.41, 5.74) is 5.98. The quantitative estimate of drug-likeness (QED) is 0.602. The molecule has 1 unspecified atom stereocenters. The number of anilines is 2. The third-order valence-electron chi connectivity index (χ3n) is 6.33. The van der Waals surface area contributed by atoms with E-state index in [0.29, 0.717) is 5.69 Å². The van der Waals surface area contributed by atoms with E-state index in [9.17, 15) is 18.0 Å². The number of nitrogens with zero attached hydrogens (tertiary/aromatic N) is 3. The second-order valence-corrected chi connectivity index (χ2v) is 14.9. The molecule has 1 amide bonds. The molecule has 0 aliphatic carbocycles. The number of hydrogen-bond acceptors (Lipinski definition) is 6. The van der Waals surface area contributed by atoms with Gasteiger partial charge >= 0.3 is 20.7 Å². The normalized spacial score (nSPS) is 29.1. The maximum atomic E-state index is 14.2. The number of nitrogens with two attached hydrogens (primary N) is 1. The van der Waals surface area contributed by atoms with E-state index in [1.807, 2.05) is 20.8 Å². The highest BCUT2D eigenvalue weighted by molar-refractivity contribution is 6.75. The Hall–Kier alpha value is -2.01. The average Bonchev–Trinajstić information content (AvgIpc) is 2.92. The maximum absolute atomic E-state index is 14.2. The van der Waals surface area contributed by atoms with Crippen molar-refractivity contribution in [2.24, 2.45) is 5.92 Å². The first-order valence-corrected chi connectivity index (χ1v) is 13.0. The average molecular weight is 475 g/mol. The summed E-state index contributed by atoms with van der Waals surface area (Å²) in [4.78, 5) is 18.9. The van der Waals surface area contributed by atoms with Crippen LogP contribution in [0.4, 0.5) is 29.3 Å². The van der Waals surface area contributed by atoms with E-state index < -0.39 is 49.5 Å². The van der Waals surface area contributed by atoms with Gasteiger partial charge in [0.1, 0.15) is 5.60 Å². The second-order valence-electron chi connectivity index (χ2n) is 10.7. The van der Waals surface area contributed by atoms with Gasteiger partial charge in [-0.3, -0.25) is 4.98 Å². The first-order valence-electron chi connectivity index (χ1n) is 10.7. The number of fused-ring (bicyclic) bond motifs is 1. The van der Waals surface area contributed by atoms with Crippen LogP contribution < -0.4 is 10.6 Å². The highest BCUT2D eigenvalue weighted by Crippen LogP contribution is 2.51. The number of nitrogen functional groups attached to an aromatic ring is 1. The van der Waals surface area contributed by atoms with Crippen LogP contribution in [-0.2, 0) is 9.16 Å². The fraction of sp³-hybridized carbons (Fsp3) is 0.714. The molecule has 2 fully saturated rings. The smallest absolute Gasteiger partial charge is 0.404 e. The Bertz CT molecular complexity index is 871. The van der Waals surface area contributed by atoms with Gasteiger partial charge in [0.2, 0.25) is 0 Å². The molecule has 3 rings (SSSR count). The summed E-state index contributed by atoms with van der Waals surface area (Å²) in [6.07, 6.45) is -3.42. The number of piperidine rings is 1. The van der Waals surface area contributed by atoms with Crippen LogP contribution in [0.2, 0.25) is 11.6 Å². The molecular weight excluding hydrogens is 441 g/mol. The van der Waals surface area contributed by atoms with Gasteiger partial charge in [0, 0.05) is 19.3 Å². The second kappa shape index (κ2) is 7.79. The van der Waals surface area contributed by atoms with Crippen molar-refractivity contribution in [1.82, 2.24) is 9.55 Å². The van der Waals surface area contributed by atoms with Crippen LogP contribution in [0.5, 0.6) is 0 Å². The molecule has 32 heavy (non-hydrogen) atoms. The van der Waals surface area contributed by atoms with Crippen molar-refractivity contribution in [1.29, 1.82) is 0 Å². The van der Waals surface area contributed by atoms with Gasteiger partial charge in [0.25, 0.3) is 0 Å². The fourth-order valence-electron chi connectivity index (χ4n) is 4.37. The Kier molecular flexibility index (Phi) is 5.99. The summed E-state index contributed by atoms with van der Waals surface area (Å²) in [5, 5.41) is -0.544. The lowest BCUT2D eigenvalue weighted by Gasteiger charge is -2.45. The van der Waals surface area contributed by atoms with Crippen molar-refractivity contribution >= 4 is 25.9 Å². The minimum absolute atomic E-state index is 0.156. The summed E-state index contributed by atoms with van der Waals surface area (Å²) in [5.74, 6) is -1.78. The molecule has 2 aliphatic rings. The predicted octanol–water partition coefficient (Wildman–Crippen LogP) is 4.54. The Morgan fingerprint density at radius 1 is 1.22 bits per heavy atom. The number of aromatic nitrogens is 1. The van der Waals surface area contributed by atoms with Gasteiger partial charge in [-0.15, -0.1) is 0 Å². The Balaban J connectivity index is 2.11. The van der Waals surface area contributed by atoms with Gasteiger partial charge in [-0.25, -0.2) is 4.79 Å². The van der Waals surface area contributed by atoms with Crippen LogP contribution in [0.25, 0.3) is 0 Å². The number of ether oxygens (including phenoxy) is 1. The third-order valence-corrected chi connectivity index (χ3v) is 11.3. The molecule has 0 saturated carbocycles. The lowest BCUT2D eigenvalue weighted by Crippen LogP contribution is -2.63. The summed E-state index contributed by atoms with van der Waals surface area (Å²) in [6, 6.07) is 0.769. The molecule has 0 bridgehead atoms. The monoisotopic (exact) mass is 474 g/mol. The molecular formula is C21H33F3N4O3Si. The van der Waals surface area contributed by atoms with E-state index in [1.54, 1.807) is 38.3 Å². The molecule has 11 heteroatoms. The molecule has 3 heterocycles. The molecule has 0 radical (unpaired) electrons. The number of alkyl halides is 3. The zero-order valence-electron chi connectivity index (χ0n) is 19.7. The van der Waals surface area contributed by atoms with Gasteiger partial charge < -0.3 is 24.4 Å². The minimum atomic E-state index is -4.51. The zero-order chi connectivity index (χ0) is 24.3. The number of hydrogen-bond donors (Lipinski definition) is 1. The maximum Gasteiger partial charge on any atom is 0.404 e. The van der Waals surface area contributed by atoms with Crippen LogP contribution in [0.3, 0.4) is 0 Å². The molecule has 2 aliphatic heterocycles. The van der Waals surface area contributed by atoms with Crippen molar-refractivity contribution in [2.75, 3.05) is 23.7 Å². The van der Waals surface area contributed by atoms with Gasteiger partial charge in [-0.05, 0) is 38.4 Å². The van der Waals surface area contributed by atoms with E-state index in [-0.39, 0.29) is 18.8 Å². The molecule has 0 spiro atoms. The third kappa shape index (κ3) is 4.41. The van der Waals surface area contributed by atoms with Crippen LogP contribution in [0, 0.1) is 5.92 Å². The first-order chi connectivity index (χ1) is 14.5. The summed E-state index contributed by atoms with van der Waals surface area (Å²) in [7, 11) is -3.18. The fourth-order valence-corrected chi connectivity index (χ4v) is 7.67. The summed E-state index contributed by atoms with van der Waals surface area (Å²) < 4.78 is 56.2. The van der Waals surface area contributed by atoms with E-state index >= 15 is 0 Å². The Labute approximate surface area is 188 Å². The molecule has 180 valence electrons. The molecule has 0 aromatic carbocycles. The van der Waals surface area contributed by atoms with Crippen molar-refractivity contribution < 1.29 is 27.1 Å². The van der Waals surface area contributed by atoms with Crippen LogP contribution in [0.1, 0.15) is 41.5 Å². The standard InChI is InChI=1S/C21H33F3N4O3Si/c1-19(2,3)30-18(29)28-16-12-27(15-8-9-26-10-14(15)25)11-13(21(22,23)24)17(16)31-32(28,7)20(4,5)6/h8-10,13,16-17H,11-12,25H2,1-7H3/t13-,16+,17+,32?/m0/s1. The molecule has 1 aromatic heterocycles. The van der Waals surface area contributed by atoms with E-state index in [1.165, 1.54) is 17.0 Å². The van der Waals surface area contributed by atoms with E-state index in [2.05, 4.69) is 4.98 Å². The van der Waals surface area contributed by atoms with Gasteiger partial charge in [-0.1, -0.05) is 20.8 Å². The van der Waals surface area contributed by atoms with E-state index in [4.69, 9.17) is 14.9 Å². The Morgan fingerprint density at radius 2 is 1.84 bits per heavy atom. The molecule has 4 atom stereocenters.